The molecule has 0 spiro atoms. The van der Waals surface area contributed by atoms with Crippen LogP contribution in [0.25, 0.3) is 0 Å². The molecule has 0 aromatic rings. The van der Waals surface area contributed by atoms with E-state index in [9.17, 15) is 22.8 Å². The third-order valence-corrected chi connectivity index (χ3v) is 2.94. The number of hydrogen-bond acceptors (Lipinski definition) is 2. The molecule has 2 atom stereocenters. The first-order valence-corrected chi connectivity index (χ1v) is 5.38. The highest BCUT2D eigenvalue weighted by Crippen LogP contribution is 2.41. The number of carboxylic acids is 1. The molecule has 0 aromatic heterocycles. The third kappa shape index (κ3) is 3.90. The van der Waals surface area contributed by atoms with Crippen LogP contribution in [0.15, 0.2) is 0 Å². The van der Waals surface area contributed by atoms with Crippen molar-refractivity contribution in [1.29, 1.82) is 0 Å². The molecule has 17 heavy (non-hydrogen) atoms. The van der Waals surface area contributed by atoms with Crippen molar-refractivity contribution >= 4 is 11.9 Å². The Morgan fingerprint density at radius 3 is 2.35 bits per heavy atom. The molecule has 1 fully saturated rings. The number of hydrogen-bond donors (Lipinski definition) is 2. The largest absolute Gasteiger partial charge is 0.480 e. The monoisotopic (exact) mass is 253 g/mol. The fourth-order valence-electron chi connectivity index (χ4n) is 2.13. The van der Waals surface area contributed by atoms with E-state index in [1.54, 1.807) is 0 Å². The van der Waals surface area contributed by atoms with Crippen LogP contribution in [0.4, 0.5) is 13.2 Å². The van der Waals surface area contributed by atoms with Crippen LogP contribution in [0.1, 0.15) is 25.7 Å². The maximum Gasteiger partial charge on any atom is 0.392 e. The van der Waals surface area contributed by atoms with Gasteiger partial charge in [-0.1, -0.05) is 12.8 Å². The third-order valence-electron chi connectivity index (χ3n) is 2.94. The lowest BCUT2D eigenvalue weighted by atomic mass is 9.78. The van der Waals surface area contributed by atoms with Crippen LogP contribution < -0.4 is 5.32 Å². The molecule has 1 rings (SSSR count). The lowest BCUT2D eigenvalue weighted by Gasteiger charge is -2.31. The predicted octanol–water partition coefficient (Wildman–Crippen LogP) is 1.56. The summed E-state index contributed by atoms with van der Waals surface area (Å²) in [6.07, 6.45) is -3.28. The van der Waals surface area contributed by atoms with Gasteiger partial charge in [0.25, 0.3) is 0 Å². The Balaban J connectivity index is 2.64. The molecule has 98 valence electrons. The van der Waals surface area contributed by atoms with Crippen molar-refractivity contribution in [3.63, 3.8) is 0 Å². The minimum Gasteiger partial charge on any atom is -0.480 e. The number of carboxylic acid groups (broad SMARTS) is 1. The number of alkyl halides is 3. The number of halogens is 3. The van der Waals surface area contributed by atoms with Crippen molar-refractivity contribution in [3.8, 4) is 0 Å². The second-order valence-electron chi connectivity index (χ2n) is 4.15. The van der Waals surface area contributed by atoms with Crippen molar-refractivity contribution in [2.24, 2.45) is 11.8 Å². The van der Waals surface area contributed by atoms with Gasteiger partial charge in [-0.3, -0.25) is 9.59 Å². The Bertz CT molecular complexity index is 304. The van der Waals surface area contributed by atoms with Gasteiger partial charge in [-0.05, 0) is 12.8 Å². The van der Waals surface area contributed by atoms with E-state index < -0.39 is 36.4 Å². The highest BCUT2D eigenvalue weighted by molar-refractivity contribution is 5.83. The van der Waals surface area contributed by atoms with Crippen LogP contribution in [0.5, 0.6) is 0 Å². The second-order valence-corrected chi connectivity index (χ2v) is 4.15. The van der Waals surface area contributed by atoms with E-state index >= 15 is 0 Å². The molecule has 4 nitrogen and oxygen atoms in total. The summed E-state index contributed by atoms with van der Waals surface area (Å²) in [5.41, 5.74) is 0. The fourth-order valence-corrected chi connectivity index (χ4v) is 2.13. The topological polar surface area (TPSA) is 66.4 Å². The van der Waals surface area contributed by atoms with Gasteiger partial charge < -0.3 is 10.4 Å². The van der Waals surface area contributed by atoms with Crippen molar-refractivity contribution in [1.82, 2.24) is 5.32 Å². The Kier molecular flexibility index (Phi) is 4.36. The molecular weight excluding hydrogens is 239 g/mol. The minimum atomic E-state index is -4.40. The molecule has 0 radical (unpaired) electrons. The molecule has 2 N–H and O–H groups in total. The smallest absolute Gasteiger partial charge is 0.392 e. The van der Waals surface area contributed by atoms with Gasteiger partial charge in [-0.25, -0.2) is 0 Å². The van der Waals surface area contributed by atoms with Crippen LogP contribution >= 0.6 is 0 Å². The molecule has 1 aliphatic carbocycles. The van der Waals surface area contributed by atoms with Crippen LogP contribution in [-0.2, 0) is 9.59 Å². The SMILES string of the molecule is O=C(O)CNC(=O)[C@H]1CCCC[C@@H]1C(F)(F)F. The molecule has 1 saturated carbocycles. The summed E-state index contributed by atoms with van der Waals surface area (Å²) in [6, 6.07) is 0. The first-order valence-electron chi connectivity index (χ1n) is 5.38. The van der Waals surface area contributed by atoms with E-state index in [2.05, 4.69) is 0 Å². The standard InChI is InChI=1S/C10H14F3NO3/c11-10(12,13)7-4-2-1-3-6(7)9(17)14-5-8(15)16/h6-7H,1-5H2,(H,14,17)(H,15,16)/t6-,7-/m0/s1. The zero-order valence-electron chi connectivity index (χ0n) is 9.09. The van der Waals surface area contributed by atoms with Crippen LogP contribution in [0.2, 0.25) is 0 Å². The summed E-state index contributed by atoms with van der Waals surface area (Å²) in [5.74, 6) is -4.87. The minimum absolute atomic E-state index is 0.0609. The lowest BCUT2D eigenvalue weighted by molar-refractivity contribution is -0.198. The normalized spacial score (nSPS) is 25.4. The number of nitrogens with one attached hydrogen (secondary N) is 1. The van der Waals surface area contributed by atoms with Crippen molar-refractivity contribution in [2.75, 3.05) is 6.54 Å². The average molecular weight is 253 g/mol. The van der Waals surface area contributed by atoms with Gasteiger partial charge in [-0.2, -0.15) is 13.2 Å². The van der Waals surface area contributed by atoms with E-state index in [-0.39, 0.29) is 12.8 Å². The molecule has 1 aliphatic rings. The average Bonchev–Trinajstić information content (AvgIpc) is 2.24. The maximum absolute atomic E-state index is 12.7. The van der Waals surface area contributed by atoms with Crippen LogP contribution in [0.3, 0.4) is 0 Å². The Hall–Kier alpha value is -1.27. The fraction of sp³-hybridized carbons (Fsp3) is 0.800. The molecule has 7 heteroatoms. The van der Waals surface area contributed by atoms with Crippen molar-refractivity contribution < 1.29 is 27.9 Å². The highest BCUT2D eigenvalue weighted by atomic mass is 19.4. The van der Waals surface area contributed by atoms with Gasteiger partial charge in [0.05, 0.1) is 5.92 Å². The second kappa shape index (κ2) is 5.37. The maximum atomic E-state index is 12.7. The molecule has 0 bridgehead atoms. The lowest BCUT2D eigenvalue weighted by Crippen LogP contribution is -2.43. The number of amides is 1. The zero-order chi connectivity index (χ0) is 13.1. The van der Waals surface area contributed by atoms with Gasteiger partial charge >= 0.3 is 12.1 Å². The van der Waals surface area contributed by atoms with Crippen LogP contribution in [-0.4, -0.2) is 29.7 Å². The number of carbonyl (C=O) groups is 2. The molecule has 0 aromatic carbocycles. The Labute approximate surface area is 96.2 Å². The van der Waals surface area contributed by atoms with Crippen molar-refractivity contribution in [3.05, 3.63) is 0 Å². The van der Waals surface area contributed by atoms with Gasteiger partial charge in [0, 0.05) is 5.92 Å². The summed E-state index contributed by atoms with van der Waals surface area (Å²) in [5, 5.41) is 10.4. The first-order chi connectivity index (χ1) is 7.82. The number of carbonyl (C=O) groups excluding carboxylic acids is 1. The van der Waals surface area contributed by atoms with Gasteiger partial charge in [0.2, 0.25) is 5.91 Å². The summed E-state index contributed by atoms with van der Waals surface area (Å²) in [7, 11) is 0. The van der Waals surface area contributed by atoms with E-state index in [0.717, 1.165) is 0 Å². The van der Waals surface area contributed by atoms with E-state index in [0.29, 0.717) is 12.8 Å². The van der Waals surface area contributed by atoms with Crippen LogP contribution in [0, 0.1) is 11.8 Å². The first kappa shape index (κ1) is 13.8. The van der Waals surface area contributed by atoms with Gasteiger partial charge in [0.1, 0.15) is 6.54 Å². The summed E-state index contributed by atoms with van der Waals surface area (Å²) >= 11 is 0. The zero-order valence-corrected chi connectivity index (χ0v) is 9.09. The summed E-state index contributed by atoms with van der Waals surface area (Å²) in [4.78, 5) is 21.7. The van der Waals surface area contributed by atoms with E-state index in [1.807, 2.05) is 5.32 Å². The van der Waals surface area contributed by atoms with E-state index in [4.69, 9.17) is 5.11 Å². The predicted molar refractivity (Wildman–Crippen MR) is 52.1 cm³/mol. The summed E-state index contributed by atoms with van der Waals surface area (Å²) in [6.45, 7) is -0.639. The Morgan fingerprint density at radius 1 is 1.24 bits per heavy atom. The van der Waals surface area contributed by atoms with Gasteiger partial charge in [0.15, 0.2) is 0 Å². The van der Waals surface area contributed by atoms with Gasteiger partial charge in [-0.15, -0.1) is 0 Å². The highest BCUT2D eigenvalue weighted by Gasteiger charge is 2.47. The number of aliphatic carboxylic acids is 1. The van der Waals surface area contributed by atoms with Crippen molar-refractivity contribution in [2.45, 2.75) is 31.9 Å². The molecule has 0 heterocycles. The molecule has 0 aliphatic heterocycles. The Morgan fingerprint density at radius 2 is 1.82 bits per heavy atom. The molecular formula is C10H14F3NO3. The number of rotatable bonds is 3. The molecule has 0 saturated heterocycles. The quantitative estimate of drug-likeness (QED) is 0.802. The molecule has 1 amide bonds. The molecule has 0 unspecified atom stereocenters. The van der Waals surface area contributed by atoms with E-state index in [1.165, 1.54) is 0 Å². The summed E-state index contributed by atoms with van der Waals surface area (Å²) < 4.78 is 38.0.